The van der Waals surface area contributed by atoms with Crippen molar-refractivity contribution in [2.24, 2.45) is 29.6 Å². The Morgan fingerprint density at radius 2 is 0.856 bits per heavy atom. The predicted molar refractivity (Wildman–Crippen MR) is 417 cm³/mol. The molecule has 5 atom stereocenters. The van der Waals surface area contributed by atoms with Crippen molar-refractivity contribution >= 4 is 62.4 Å². The number of thioether (sulfide) groups is 1. The fourth-order valence-electron chi connectivity index (χ4n) is 18.8. The SMILES string of the molecule is O=C(NC1CN2CCC1CC2)c1ccc(SSc2ccc(C(=O)NC3CN4CCC3CC4)cc2)cc1.[11CH3]N(Cc1ccccc1)c1cnc2c(c1)CC1(CN3CCC1CC3)O2.[11CH3]Sc1ccc(C(=O)NC2CN3CCC2CC3)cc1.c1ccc(CNc2cnc3c(c2)CC2(CN4CCC2CC4)O3)cc1. The average molecular weight is 1450 g/mol. The molecule has 2 spiro atoms. The van der Waals surface area contributed by atoms with Crippen molar-refractivity contribution in [1.82, 2.24) is 50.4 Å². The molecule has 20 heteroatoms. The van der Waals surface area contributed by atoms with Gasteiger partial charge in [-0.2, -0.15) is 0 Å². The van der Waals surface area contributed by atoms with Crippen molar-refractivity contribution in [2.75, 3.05) is 122 Å². The van der Waals surface area contributed by atoms with Crippen LogP contribution in [-0.2, 0) is 25.9 Å². The van der Waals surface area contributed by atoms with E-state index in [1.54, 1.807) is 33.3 Å². The molecule has 0 radical (unpaired) electrons. The second kappa shape index (κ2) is 32.1. The Kier molecular flexibility index (Phi) is 22.0. The first-order valence-electron chi connectivity index (χ1n) is 38.5. The van der Waals surface area contributed by atoms with Crippen LogP contribution in [0.15, 0.2) is 173 Å². The lowest BCUT2D eigenvalue weighted by Crippen LogP contribution is -2.61. The van der Waals surface area contributed by atoms with Crippen LogP contribution in [0.3, 0.4) is 0 Å². The average Bonchev–Trinajstić information content (AvgIpc) is 1.58. The van der Waals surface area contributed by atoms with Gasteiger partial charge in [-0.15, -0.1) is 11.8 Å². The van der Waals surface area contributed by atoms with E-state index in [1.165, 1.54) is 162 Å². The first-order chi connectivity index (χ1) is 50.9. The number of hydrogen-bond acceptors (Lipinski definition) is 17. The van der Waals surface area contributed by atoms with Gasteiger partial charge in [-0.3, -0.25) is 24.2 Å². The number of carbonyl (C=O) groups excluding carboxylic acids is 3. The van der Waals surface area contributed by atoms with E-state index in [4.69, 9.17) is 9.47 Å². The van der Waals surface area contributed by atoms with Gasteiger partial charge in [-0.05, 0) is 250 Å². The maximum Gasteiger partial charge on any atom is 0.251 e. The Balaban J connectivity index is 0.000000110. The summed E-state index contributed by atoms with van der Waals surface area (Å²) in [7, 11) is 5.46. The van der Waals surface area contributed by atoms with Gasteiger partial charge in [0.25, 0.3) is 17.7 Å². The van der Waals surface area contributed by atoms with E-state index >= 15 is 0 Å². The Morgan fingerprint density at radius 1 is 0.471 bits per heavy atom. The molecule has 2 aromatic heterocycles. The number of benzene rings is 5. The molecule has 10 bridgehead atoms. The molecule has 5 unspecified atom stereocenters. The topological polar surface area (TPSA) is 163 Å². The molecule has 3 amide bonds. The minimum Gasteiger partial charge on any atom is -0.469 e. The molecular formula is C84H102N12O5S3. The van der Waals surface area contributed by atoms with Crippen LogP contribution in [-0.4, -0.2) is 193 Å². The van der Waals surface area contributed by atoms with Gasteiger partial charge in [0.15, 0.2) is 0 Å². The van der Waals surface area contributed by atoms with Crippen LogP contribution in [0, 0.1) is 29.6 Å². The molecule has 4 N–H and O–H groups in total. The van der Waals surface area contributed by atoms with Crippen molar-refractivity contribution in [2.45, 2.75) is 134 Å². The van der Waals surface area contributed by atoms with Gasteiger partial charge in [-0.25, -0.2) is 9.97 Å². The molecule has 17 aliphatic heterocycles. The van der Waals surface area contributed by atoms with E-state index in [0.29, 0.717) is 35.6 Å². The third-order valence-electron chi connectivity index (χ3n) is 24.8. The molecule has 5 aromatic carbocycles. The number of anilines is 2. The fraction of sp³-hybridized carbons (Fsp3) is 0.488. The van der Waals surface area contributed by atoms with Gasteiger partial charge in [-0.1, -0.05) is 82.3 Å². The highest BCUT2D eigenvalue weighted by atomic mass is 33.1. The number of piperidine rings is 15. The Morgan fingerprint density at radius 3 is 1.24 bits per heavy atom. The maximum absolute atomic E-state index is 12.8. The highest BCUT2D eigenvalue weighted by molar-refractivity contribution is 8.76. The van der Waals surface area contributed by atoms with Gasteiger partial charge in [0.05, 0.1) is 23.8 Å². The zero-order valence-electron chi connectivity index (χ0n) is 60.5. The second-order valence-corrected chi connectivity index (χ2v) is 34.6. The largest absolute Gasteiger partial charge is 0.469 e. The standard InChI is InChI=1S/C28H34N4O2S2.C21H25N3O.C20H23N3O.C15H20N2OS/c33-27(29-25-17-31-13-9-19(25)10-14-31)21-1-5-23(6-2-21)35-36-24-7-3-22(4-8-24)28(34)30-26-18-32-15-11-20(26)12-16-32;1-23(14-16-5-3-2-4-6-16)19-11-17-12-21(25-20(17)22-13-19)15-24-9-7-18(21)8-10-24;1-2-4-15(5-3-1)12-21-18-10-16-11-20(24-19(16)22-13-18)14-23-8-6-17(20)7-9-23;1-19-13-4-2-12(3-5-13)15(18)16-14-10-17-8-6-11(14)7-9-17/h1-8,19-20,25-26H,9-18H2,(H,29,33)(H,30,34);2-6,11,13,18H,7-10,12,14-15H2,1H3;1-5,10,13,17,21H,6-9,11-12,14H2;2-5,11,14H,6-10H2,1H3,(H,16,18)/i;1-1;;1-1. The van der Waals surface area contributed by atoms with E-state index in [1.807, 2.05) is 97.5 Å². The Labute approximate surface area is 626 Å². The minimum atomic E-state index is -0.0115. The smallest absolute Gasteiger partial charge is 0.251 e. The third-order valence-corrected chi connectivity index (χ3v) is 28.0. The van der Waals surface area contributed by atoms with E-state index in [-0.39, 0.29) is 41.0 Å². The van der Waals surface area contributed by atoms with Crippen molar-refractivity contribution in [3.8, 4) is 11.8 Å². The van der Waals surface area contributed by atoms with Gasteiger partial charge < -0.3 is 50.3 Å². The lowest BCUT2D eigenvalue weighted by Gasteiger charge is -2.50. The summed E-state index contributed by atoms with van der Waals surface area (Å²) in [5.41, 5.74) is 9.59. The highest BCUT2D eigenvalue weighted by Crippen LogP contribution is 2.49. The zero-order chi connectivity index (χ0) is 70.6. The number of aromatic nitrogens is 2. The molecule has 15 saturated heterocycles. The van der Waals surface area contributed by atoms with E-state index in [9.17, 15) is 14.4 Å². The first kappa shape index (κ1) is 71.1. The summed E-state index contributed by atoms with van der Waals surface area (Å²) < 4.78 is 12.9. The molecule has 15 fully saturated rings. The van der Waals surface area contributed by atoms with Crippen LogP contribution in [0.5, 0.6) is 11.8 Å². The summed E-state index contributed by atoms with van der Waals surface area (Å²) in [5.74, 6) is 5.18. The quantitative estimate of drug-likeness (QED) is 0.0533. The second-order valence-electron chi connectivity index (χ2n) is 31.4. The Hall–Kier alpha value is -7.14. The van der Waals surface area contributed by atoms with Crippen molar-refractivity contribution in [3.63, 3.8) is 0 Å². The van der Waals surface area contributed by atoms with E-state index < -0.39 is 0 Å². The number of carbonyl (C=O) groups is 3. The summed E-state index contributed by atoms with van der Waals surface area (Å²) >= 11 is 1.70. The van der Waals surface area contributed by atoms with Crippen LogP contribution in [0.25, 0.3) is 0 Å². The van der Waals surface area contributed by atoms with Gasteiger partial charge in [0.1, 0.15) is 11.2 Å². The first-order valence-corrected chi connectivity index (χ1v) is 41.9. The maximum atomic E-state index is 12.8. The minimum absolute atomic E-state index is 0.0100. The molecule has 0 aliphatic carbocycles. The summed E-state index contributed by atoms with van der Waals surface area (Å²) in [4.78, 5) is 65.2. The van der Waals surface area contributed by atoms with Crippen molar-refractivity contribution in [3.05, 3.63) is 197 Å². The van der Waals surface area contributed by atoms with E-state index in [2.05, 4.69) is 134 Å². The van der Waals surface area contributed by atoms with Gasteiger partial charge in [0.2, 0.25) is 11.8 Å². The summed E-state index contributed by atoms with van der Waals surface area (Å²) in [6.07, 6.45) is 20.3. The molecule has 19 heterocycles. The molecule has 17 aliphatic rings. The van der Waals surface area contributed by atoms with Crippen LogP contribution >= 0.6 is 33.3 Å². The van der Waals surface area contributed by atoms with Gasteiger partial charge in [0, 0.05) is 138 Å². The number of hydrogen-bond donors (Lipinski definition) is 4. The molecule has 546 valence electrons. The lowest BCUT2D eigenvalue weighted by atomic mass is 9.73. The predicted octanol–water partition coefficient (Wildman–Crippen LogP) is 12.6. The lowest BCUT2D eigenvalue weighted by molar-refractivity contribution is -0.0815. The number of rotatable bonds is 16. The zero-order valence-corrected chi connectivity index (χ0v) is 62.9. The van der Waals surface area contributed by atoms with E-state index in [0.717, 1.165) is 103 Å². The Bertz CT molecular complexity index is 3980. The molecular weight excluding hydrogens is 1350 g/mol. The van der Waals surface area contributed by atoms with Crippen LogP contribution in [0.1, 0.15) is 118 Å². The molecule has 24 rings (SSSR count). The van der Waals surface area contributed by atoms with Crippen molar-refractivity contribution in [1.29, 1.82) is 0 Å². The number of nitrogens with one attached hydrogen (secondary N) is 4. The molecule has 17 nitrogen and oxygen atoms in total. The normalized spacial score (nSPS) is 30.0. The highest BCUT2D eigenvalue weighted by Gasteiger charge is 2.54. The summed E-state index contributed by atoms with van der Waals surface area (Å²) in [6, 6.07) is 50.1. The third kappa shape index (κ3) is 16.5. The van der Waals surface area contributed by atoms with Crippen LogP contribution < -0.4 is 35.6 Å². The number of fused-ring (bicyclic) bond motifs is 15. The number of nitrogens with zero attached hydrogens (tertiary/aromatic N) is 8. The molecule has 0 saturated carbocycles. The van der Waals surface area contributed by atoms with Gasteiger partial charge >= 0.3 is 0 Å². The fourth-order valence-corrected chi connectivity index (χ4v) is 21.1. The number of pyridine rings is 2. The van der Waals surface area contributed by atoms with Crippen LogP contribution in [0.4, 0.5) is 11.4 Å². The number of ether oxygens (including phenoxy) is 2. The summed E-state index contributed by atoms with van der Waals surface area (Å²) in [5, 5.41) is 13.2. The number of amides is 3. The monoisotopic (exact) mass is 1450 g/mol. The summed E-state index contributed by atoms with van der Waals surface area (Å²) in [6.45, 7) is 18.9. The molecule has 7 aromatic rings. The van der Waals surface area contributed by atoms with Crippen molar-refractivity contribution < 1.29 is 23.9 Å². The molecule has 104 heavy (non-hydrogen) atoms. The van der Waals surface area contributed by atoms with Crippen LogP contribution in [0.2, 0.25) is 0 Å².